The van der Waals surface area contributed by atoms with E-state index in [0.717, 1.165) is 10.5 Å². The molecule has 34 heavy (non-hydrogen) atoms. The molecule has 3 aromatic rings. The number of carbonyl (C=O) groups is 1. The second kappa shape index (κ2) is 9.78. The normalized spacial score (nSPS) is 15.6. The average Bonchev–Trinajstić information content (AvgIpc) is 3.12. The number of carbonyl (C=O) groups excluding carboxylic acids is 1. The molecule has 0 amide bonds. The fourth-order valence-corrected chi connectivity index (χ4v) is 5.23. The van der Waals surface area contributed by atoms with E-state index in [2.05, 4.69) is 4.99 Å². The highest BCUT2D eigenvalue weighted by molar-refractivity contribution is 7.98. The first-order valence-corrected chi connectivity index (χ1v) is 12.5. The van der Waals surface area contributed by atoms with E-state index >= 15 is 0 Å². The molecule has 10 heteroatoms. The van der Waals surface area contributed by atoms with Gasteiger partial charge in [-0.05, 0) is 49.4 Å². The number of nitro groups is 1. The van der Waals surface area contributed by atoms with Crippen LogP contribution in [-0.4, -0.2) is 28.3 Å². The number of hydrogen-bond donors (Lipinski definition) is 0. The second-order valence-electron chi connectivity index (χ2n) is 7.43. The van der Waals surface area contributed by atoms with E-state index in [-0.39, 0.29) is 17.9 Å². The molecule has 0 spiro atoms. The number of nitrogens with zero attached hydrogens (tertiary/aromatic N) is 3. The summed E-state index contributed by atoms with van der Waals surface area (Å²) in [6, 6.07) is 13.0. The van der Waals surface area contributed by atoms with Gasteiger partial charge in [0.15, 0.2) is 4.80 Å². The summed E-state index contributed by atoms with van der Waals surface area (Å²) in [5.74, 6) is -0.518. The summed E-state index contributed by atoms with van der Waals surface area (Å²) in [5, 5.41) is 11.1. The fraction of sp³-hybridized carbons (Fsp3) is 0.208. The predicted octanol–water partition coefficient (Wildman–Crippen LogP) is 3.43. The van der Waals surface area contributed by atoms with Gasteiger partial charge in [-0.2, -0.15) is 0 Å². The lowest BCUT2D eigenvalue weighted by atomic mass is 9.96. The maximum atomic E-state index is 13.5. The summed E-state index contributed by atoms with van der Waals surface area (Å²) in [5.41, 5.74) is 1.70. The quantitative estimate of drug-likeness (QED) is 0.225. The number of rotatable bonds is 6. The van der Waals surface area contributed by atoms with Crippen molar-refractivity contribution in [1.29, 1.82) is 0 Å². The lowest BCUT2D eigenvalue weighted by Gasteiger charge is -2.24. The number of aromatic nitrogens is 1. The van der Waals surface area contributed by atoms with E-state index in [9.17, 15) is 19.7 Å². The van der Waals surface area contributed by atoms with Crippen molar-refractivity contribution in [2.24, 2.45) is 4.99 Å². The van der Waals surface area contributed by atoms with Gasteiger partial charge in [0.05, 0.1) is 33.4 Å². The predicted molar refractivity (Wildman–Crippen MR) is 132 cm³/mol. The second-order valence-corrected chi connectivity index (χ2v) is 9.32. The summed E-state index contributed by atoms with van der Waals surface area (Å²) in [6.07, 6.45) is 3.58. The Balaban J connectivity index is 1.93. The van der Waals surface area contributed by atoms with Crippen molar-refractivity contribution < 1.29 is 14.5 Å². The van der Waals surface area contributed by atoms with E-state index in [0.29, 0.717) is 26.2 Å². The van der Waals surface area contributed by atoms with Crippen molar-refractivity contribution in [2.45, 2.75) is 24.8 Å². The summed E-state index contributed by atoms with van der Waals surface area (Å²) < 4.78 is 7.16. The van der Waals surface area contributed by atoms with Crippen LogP contribution < -0.4 is 14.9 Å². The Bertz CT molecular complexity index is 1490. The monoisotopic (exact) mass is 495 g/mol. The van der Waals surface area contributed by atoms with Crippen molar-refractivity contribution in [3.8, 4) is 0 Å². The van der Waals surface area contributed by atoms with Crippen LogP contribution in [0.2, 0.25) is 0 Å². The minimum atomic E-state index is -0.696. The molecule has 1 aliphatic rings. The highest BCUT2D eigenvalue weighted by atomic mass is 32.2. The molecular weight excluding hydrogens is 474 g/mol. The van der Waals surface area contributed by atoms with Crippen molar-refractivity contribution in [1.82, 2.24) is 4.57 Å². The Labute approximate surface area is 203 Å². The number of thiazole rings is 1. The van der Waals surface area contributed by atoms with E-state index < -0.39 is 16.9 Å². The van der Waals surface area contributed by atoms with Gasteiger partial charge >= 0.3 is 5.97 Å². The lowest BCUT2D eigenvalue weighted by Crippen LogP contribution is -2.39. The Morgan fingerprint density at radius 1 is 1.29 bits per heavy atom. The van der Waals surface area contributed by atoms with E-state index in [4.69, 9.17) is 4.74 Å². The van der Waals surface area contributed by atoms with E-state index in [1.807, 2.05) is 30.5 Å². The Morgan fingerprint density at radius 2 is 2.03 bits per heavy atom. The van der Waals surface area contributed by atoms with Crippen molar-refractivity contribution in [3.63, 3.8) is 0 Å². The molecule has 0 bridgehead atoms. The average molecular weight is 496 g/mol. The van der Waals surface area contributed by atoms with Gasteiger partial charge in [0.25, 0.3) is 11.2 Å². The molecule has 0 fully saturated rings. The van der Waals surface area contributed by atoms with Crippen LogP contribution in [-0.2, 0) is 9.53 Å². The minimum absolute atomic E-state index is 0.0614. The van der Waals surface area contributed by atoms with Crippen LogP contribution >= 0.6 is 23.1 Å². The minimum Gasteiger partial charge on any atom is -0.463 e. The first-order valence-electron chi connectivity index (χ1n) is 10.4. The van der Waals surface area contributed by atoms with Gasteiger partial charge in [-0.1, -0.05) is 35.6 Å². The zero-order chi connectivity index (χ0) is 24.4. The molecule has 1 atom stereocenters. The molecule has 4 rings (SSSR count). The number of thioether (sulfide) groups is 1. The van der Waals surface area contributed by atoms with Crippen LogP contribution in [0.1, 0.15) is 31.0 Å². The third-order valence-electron chi connectivity index (χ3n) is 5.33. The standard InChI is InChI=1S/C24H21N3O5S2/c1-4-32-23(29)20-14(2)25-24-26(21(20)16-8-10-18(33-3)11-9-16)22(28)19(34-24)13-15-6-5-7-17(12-15)27(30)31/h5-13,21H,4H2,1-3H3/b19-13-. The van der Waals surface area contributed by atoms with Crippen LogP contribution in [0.5, 0.6) is 0 Å². The molecule has 0 saturated heterocycles. The molecule has 1 unspecified atom stereocenters. The Kier molecular flexibility index (Phi) is 6.80. The van der Waals surface area contributed by atoms with Crippen molar-refractivity contribution in [2.75, 3.05) is 12.9 Å². The van der Waals surface area contributed by atoms with Gasteiger partial charge in [-0.3, -0.25) is 19.5 Å². The first-order chi connectivity index (χ1) is 16.3. The SMILES string of the molecule is CCOC(=O)C1=C(C)N=c2s/c(=C\c3cccc([N+](=O)[O-])c3)c(=O)n2C1c1ccc(SC)cc1. The Morgan fingerprint density at radius 3 is 2.68 bits per heavy atom. The molecule has 1 aliphatic heterocycles. The molecule has 0 N–H and O–H groups in total. The number of non-ortho nitro benzene ring substituents is 1. The molecule has 1 aromatic heterocycles. The molecule has 2 aromatic carbocycles. The van der Waals surface area contributed by atoms with E-state index in [1.54, 1.807) is 43.8 Å². The third-order valence-corrected chi connectivity index (χ3v) is 7.05. The number of benzene rings is 2. The molecule has 174 valence electrons. The van der Waals surface area contributed by atoms with Crippen LogP contribution in [0.3, 0.4) is 0 Å². The molecular formula is C24H21N3O5S2. The van der Waals surface area contributed by atoms with Gasteiger partial charge in [0, 0.05) is 17.0 Å². The highest BCUT2D eigenvalue weighted by Gasteiger charge is 2.33. The van der Waals surface area contributed by atoms with Gasteiger partial charge < -0.3 is 4.74 Å². The number of ether oxygens (including phenoxy) is 1. The molecule has 0 aliphatic carbocycles. The maximum absolute atomic E-state index is 13.5. The zero-order valence-electron chi connectivity index (χ0n) is 18.7. The number of hydrogen-bond acceptors (Lipinski definition) is 8. The van der Waals surface area contributed by atoms with Gasteiger partial charge in [-0.25, -0.2) is 9.79 Å². The van der Waals surface area contributed by atoms with Crippen LogP contribution in [0.15, 0.2) is 74.5 Å². The molecule has 2 heterocycles. The Hall–Kier alpha value is -3.50. The smallest absolute Gasteiger partial charge is 0.338 e. The van der Waals surface area contributed by atoms with Gasteiger partial charge in [-0.15, -0.1) is 11.8 Å². The van der Waals surface area contributed by atoms with Crippen LogP contribution in [0, 0.1) is 10.1 Å². The number of fused-ring (bicyclic) bond motifs is 1. The van der Waals surface area contributed by atoms with Crippen molar-refractivity contribution >= 4 is 40.8 Å². The molecule has 0 saturated carbocycles. The lowest BCUT2D eigenvalue weighted by molar-refractivity contribution is -0.384. The molecule has 8 nitrogen and oxygen atoms in total. The summed E-state index contributed by atoms with van der Waals surface area (Å²) in [7, 11) is 0. The number of esters is 1. The summed E-state index contributed by atoms with van der Waals surface area (Å²) >= 11 is 2.77. The summed E-state index contributed by atoms with van der Waals surface area (Å²) in [4.78, 5) is 43.1. The van der Waals surface area contributed by atoms with Crippen molar-refractivity contribution in [3.05, 3.63) is 101 Å². The van der Waals surface area contributed by atoms with E-state index in [1.165, 1.54) is 28.0 Å². The van der Waals surface area contributed by atoms with Gasteiger partial charge in [0.2, 0.25) is 0 Å². The topological polar surface area (TPSA) is 104 Å². The zero-order valence-corrected chi connectivity index (χ0v) is 20.3. The maximum Gasteiger partial charge on any atom is 0.338 e. The third kappa shape index (κ3) is 4.46. The highest BCUT2D eigenvalue weighted by Crippen LogP contribution is 2.31. The first kappa shape index (κ1) is 23.7. The van der Waals surface area contributed by atoms with Gasteiger partial charge in [0.1, 0.15) is 0 Å². The van der Waals surface area contributed by atoms with Crippen LogP contribution in [0.4, 0.5) is 5.69 Å². The fourth-order valence-electron chi connectivity index (χ4n) is 3.77. The van der Waals surface area contributed by atoms with Crippen LogP contribution in [0.25, 0.3) is 6.08 Å². The number of nitro benzene ring substituents is 1. The molecule has 0 radical (unpaired) electrons. The largest absolute Gasteiger partial charge is 0.463 e. The number of allylic oxidation sites excluding steroid dienone is 1. The summed E-state index contributed by atoms with van der Waals surface area (Å²) in [6.45, 7) is 3.66.